The van der Waals surface area contributed by atoms with Gasteiger partial charge in [-0.1, -0.05) is 0 Å². The van der Waals surface area contributed by atoms with Gasteiger partial charge in [-0.2, -0.15) is 0 Å². The van der Waals surface area contributed by atoms with Gasteiger partial charge in [-0.05, 0) is 51.8 Å². The number of aromatic nitrogens is 1. The summed E-state index contributed by atoms with van der Waals surface area (Å²) in [6, 6.07) is 5.03. The molecule has 1 saturated heterocycles. The lowest BCUT2D eigenvalue weighted by atomic mass is 10.1. The van der Waals surface area contributed by atoms with Crippen molar-refractivity contribution < 1.29 is 4.74 Å². The monoisotopic (exact) mass is 249 g/mol. The summed E-state index contributed by atoms with van der Waals surface area (Å²) >= 11 is 0. The molecule has 0 radical (unpaired) electrons. The van der Waals surface area contributed by atoms with E-state index in [1.54, 1.807) is 6.20 Å². The molecule has 0 aliphatic carbocycles. The van der Waals surface area contributed by atoms with Gasteiger partial charge in [0.05, 0.1) is 12.3 Å². The van der Waals surface area contributed by atoms with Gasteiger partial charge in [0.1, 0.15) is 0 Å². The molecular formula is C14H23N3O. The zero-order valence-electron chi connectivity index (χ0n) is 11.3. The number of nitrogens with one attached hydrogen (secondary N) is 2. The minimum atomic E-state index is 0.420. The van der Waals surface area contributed by atoms with Gasteiger partial charge in [0.2, 0.25) is 5.88 Å². The van der Waals surface area contributed by atoms with Crippen molar-refractivity contribution in [3.8, 4) is 5.88 Å². The molecule has 100 valence electrons. The first kappa shape index (κ1) is 13.1. The number of pyridine rings is 1. The van der Waals surface area contributed by atoms with Gasteiger partial charge in [-0.3, -0.25) is 0 Å². The van der Waals surface area contributed by atoms with Crippen LogP contribution in [-0.4, -0.2) is 30.2 Å². The Balaban J connectivity index is 1.90. The first-order chi connectivity index (χ1) is 8.79. The van der Waals surface area contributed by atoms with Gasteiger partial charge in [0.25, 0.3) is 0 Å². The van der Waals surface area contributed by atoms with E-state index < -0.39 is 0 Å². The molecule has 1 aliphatic heterocycles. The van der Waals surface area contributed by atoms with E-state index in [1.807, 2.05) is 19.1 Å². The van der Waals surface area contributed by atoms with Crippen LogP contribution < -0.4 is 15.4 Å². The molecule has 0 aromatic carbocycles. The van der Waals surface area contributed by atoms with Crippen molar-refractivity contribution in [1.29, 1.82) is 0 Å². The van der Waals surface area contributed by atoms with Crippen LogP contribution in [0.1, 0.15) is 33.1 Å². The SMILES string of the molecule is CCOc1ncccc1NC(C)CC1CCCN1. The standard InChI is InChI=1S/C14H23N3O/c1-3-18-14-13(7-5-9-16-14)17-11(2)10-12-6-4-8-15-12/h5,7,9,11-12,15,17H,3-4,6,8,10H2,1-2H3. The fraction of sp³-hybridized carbons (Fsp3) is 0.643. The first-order valence-electron chi connectivity index (χ1n) is 6.87. The summed E-state index contributed by atoms with van der Waals surface area (Å²) < 4.78 is 5.52. The van der Waals surface area contributed by atoms with Crippen LogP contribution in [0.5, 0.6) is 5.88 Å². The highest BCUT2D eigenvalue weighted by Gasteiger charge is 2.17. The van der Waals surface area contributed by atoms with Crippen LogP contribution in [0.15, 0.2) is 18.3 Å². The molecular weight excluding hydrogens is 226 g/mol. The third-order valence-corrected chi connectivity index (χ3v) is 3.25. The molecule has 1 fully saturated rings. The van der Waals surface area contributed by atoms with Crippen molar-refractivity contribution in [2.45, 2.75) is 45.2 Å². The minimum absolute atomic E-state index is 0.420. The van der Waals surface area contributed by atoms with Gasteiger partial charge in [-0.25, -0.2) is 4.98 Å². The number of ether oxygens (including phenoxy) is 1. The Kier molecular flexibility index (Phi) is 4.81. The second-order valence-corrected chi connectivity index (χ2v) is 4.86. The number of nitrogens with zero attached hydrogens (tertiary/aromatic N) is 1. The molecule has 2 heterocycles. The lowest BCUT2D eigenvalue weighted by molar-refractivity contribution is 0.328. The second-order valence-electron chi connectivity index (χ2n) is 4.86. The van der Waals surface area contributed by atoms with Gasteiger partial charge in [0.15, 0.2) is 0 Å². The van der Waals surface area contributed by atoms with Crippen LogP contribution in [0.4, 0.5) is 5.69 Å². The molecule has 4 nitrogen and oxygen atoms in total. The topological polar surface area (TPSA) is 46.2 Å². The largest absolute Gasteiger partial charge is 0.476 e. The second kappa shape index (κ2) is 6.59. The van der Waals surface area contributed by atoms with Gasteiger partial charge < -0.3 is 15.4 Å². The third-order valence-electron chi connectivity index (χ3n) is 3.25. The zero-order chi connectivity index (χ0) is 12.8. The number of hydrogen-bond donors (Lipinski definition) is 2. The van der Waals surface area contributed by atoms with Crippen LogP contribution in [-0.2, 0) is 0 Å². The van der Waals surface area contributed by atoms with E-state index in [4.69, 9.17) is 4.74 Å². The van der Waals surface area contributed by atoms with Crippen LogP contribution in [0.3, 0.4) is 0 Å². The van der Waals surface area contributed by atoms with Crippen molar-refractivity contribution >= 4 is 5.69 Å². The smallest absolute Gasteiger partial charge is 0.237 e. The van der Waals surface area contributed by atoms with Crippen molar-refractivity contribution in [3.63, 3.8) is 0 Å². The van der Waals surface area contributed by atoms with Gasteiger partial charge in [0, 0.05) is 18.3 Å². The number of hydrogen-bond acceptors (Lipinski definition) is 4. The minimum Gasteiger partial charge on any atom is -0.476 e. The summed E-state index contributed by atoms with van der Waals surface area (Å²) in [5.74, 6) is 0.700. The number of anilines is 1. The molecule has 1 aromatic heterocycles. The fourth-order valence-corrected chi connectivity index (χ4v) is 2.46. The summed E-state index contributed by atoms with van der Waals surface area (Å²) in [6.07, 6.45) is 5.49. The predicted octanol–water partition coefficient (Wildman–Crippen LogP) is 2.42. The zero-order valence-corrected chi connectivity index (χ0v) is 11.3. The molecule has 2 unspecified atom stereocenters. The van der Waals surface area contributed by atoms with E-state index >= 15 is 0 Å². The van der Waals surface area contributed by atoms with Crippen LogP contribution in [0.2, 0.25) is 0 Å². The average Bonchev–Trinajstić information content (AvgIpc) is 2.84. The van der Waals surface area contributed by atoms with Gasteiger partial charge >= 0.3 is 0 Å². The van der Waals surface area contributed by atoms with Crippen molar-refractivity contribution in [3.05, 3.63) is 18.3 Å². The summed E-state index contributed by atoms with van der Waals surface area (Å²) in [4.78, 5) is 4.25. The molecule has 4 heteroatoms. The summed E-state index contributed by atoms with van der Waals surface area (Å²) in [6.45, 7) is 5.99. The van der Waals surface area contributed by atoms with Crippen LogP contribution >= 0.6 is 0 Å². The Labute approximate surface area is 109 Å². The van der Waals surface area contributed by atoms with E-state index in [2.05, 4.69) is 22.5 Å². The summed E-state index contributed by atoms with van der Waals surface area (Å²) in [5.41, 5.74) is 0.991. The highest BCUT2D eigenvalue weighted by Crippen LogP contribution is 2.22. The van der Waals surface area contributed by atoms with Crippen LogP contribution in [0, 0.1) is 0 Å². The lowest BCUT2D eigenvalue weighted by Crippen LogP contribution is -2.29. The van der Waals surface area contributed by atoms with E-state index in [0.717, 1.165) is 18.7 Å². The molecule has 2 rings (SSSR count). The number of rotatable bonds is 6. The molecule has 2 N–H and O–H groups in total. The Morgan fingerprint density at radius 3 is 3.22 bits per heavy atom. The predicted molar refractivity (Wildman–Crippen MR) is 74.1 cm³/mol. The molecule has 1 aliphatic rings. The van der Waals surface area contributed by atoms with E-state index in [1.165, 1.54) is 12.8 Å². The highest BCUT2D eigenvalue weighted by atomic mass is 16.5. The molecule has 0 saturated carbocycles. The molecule has 0 amide bonds. The van der Waals surface area contributed by atoms with E-state index in [9.17, 15) is 0 Å². The maximum Gasteiger partial charge on any atom is 0.237 e. The first-order valence-corrected chi connectivity index (χ1v) is 6.87. The normalized spacial score (nSPS) is 20.7. The maximum atomic E-state index is 5.52. The Hall–Kier alpha value is -1.29. The lowest BCUT2D eigenvalue weighted by Gasteiger charge is -2.20. The van der Waals surface area contributed by atoms with E-state index in [-0.39, 0.29) is 0 Å². The molecule has 2 atom stereocenters. The molecule has 18 heavy (non-hydrogen) atoms. The van der Waals surface area contributed by atoms with E-state index in [0.29, 0.717) is 24.6 Å². The van der Waals surface area contributed by atoms with Crippen molar-refractivity contribution in [1.82, 2.24) is 10.3 Å². The molecule has 0 bridgehead atoms. The average molecular weight is 249 g/mol. The Morgan fingerprint density at radius 1 is 1.61 bits per heavy atom. The van der Waals surface area contributed by atoms with Gasteiger partial charge in [-0.15, -0.1) is 0 Å². The molecule has 1 aromatic rings. The van der Waals surface area contributed by atoms with Crippen molar-refractivity contribution in [2.24, 2.45) is 0 Å². The Bertz CT molecular complexity index is 364. The summed E-state index contributed by atoms with van der Waals surface area (Å²) in [5, 5.41) is 7.02. The third kappa shape index (κ3) is 3.60. The Morgan fingerprint density at radius 2 is 2.50 bits per heavy atom. The highest BCUT2D eigenvalue weighted by molar-refractivity contribution is 5.52. The fourth-order valence-electron chi connectivity index (χ4n) is 2.46. The van der Waals surface area contributed by atoms with Crippen molar-refractivity contribution in [2.75, 3.05) is 18.5 Å². The van der Waals surface area contributed by atoms with Crippen LogP contribution in [0.25, 0.3) is 0 Å². The maximum absolute atomic E-state index is 5.52. The quantitative estimate of drug-likeness (QED) is 0.813. The molecule has 0 spiro atoms. The summed E-state index contributed by atoms with van der Waals surface area (Å²) in [7, 11) is 0.